The van der Waals surface area contributed by atoms with E-state index in [1.165, 1.54) is 19.3 Å². The van der Waals surface area contributed by atoms with Gasteiger partial charge in [0.1, 0.15) is 5.75 Å². The van der Waals surface area contributed by atoms with Crippen LogP contribution in [0.2, 0.25) is 0 Å². The Morgan fingerprint density at radius 2 is 2.11 bits per heavy atom. The monoisotopic (exact) mass is 250 g/mol. The molecule has 0 spiro atoms. The number of hydrogen-bond acceptors (Lipinski definition) is 3. The molecule has 1 aromatic carbocycles. The Morgan fingerprint density at radius 1 is 1.33 bits per heavy atom. The summed E-state index contributed by atoms with van der Waals surface area (Å²) in [5, 5.41) is 11.8. The van der Waals surface area contributed by atoms with E-state index in [0.717, 1.165) is 12.0 Å². The van der Waals surface area contributed by atoms with Crippen LogP contribution in [-0.4, -0.2) is 17.6 Å². The number of benzene rings is 1. The van der Waals surface area contributed by atoms with Crippen LogP contribution in [0.1, 0.15) is 43.7 Å². The molecule has 0 aromatic heterocycles. The Bertz CT molecular complexity index is 403. The Hall–Kier alpha value is -1.71. The molecule has 3 N–H and O–H groups in total. The third-order valence-electron chi connectivity index (χ3n) is 2.78. The third kappa shape index (κ3) is 4.28. The molecule has 0 bridgehead atoms. The van der Waals surface area contributed by atoms with Crippen molar-refractivity contribution in [1.82, 2.24) is 0 Å². The van der Waals surface area contributed by atoms with Crippen LogP contribution in [0.25, 0.3) is 0 Å². The number of amidine groups is 1. The van der Waals surface area contributed by atoms with Crippen molar-refractivity contribution in [3.63, 3.8) is 0 Å². The number of oxime groups is 1. The molecule has 0 unspecified atom stereocenters. The molecule has 0 amide bonds. The fourth-order valence-corrected chi connectivity index (χ4v) is 1.73. The second-order valence-electron chi connectivity index (χ2n) is 4.39. The molecule has 4 nitrogen and oxygen atoms in total. The molecule has 0 saturated heterocycles. The summed E-state index contributed by atoms with van der Waals surface area (Å²) in [6.07, 6.45) is 4.63. The summed E-state index contributed by atoms with van der Waals surface area (Å²) in [6, 6.07) is 5.64. The molecule has 0 aliphatic carbocycles. The topological polar surface area (TPSA) is 67.8 Å². The number of unbranched alkanes of at least 4 members (excludes halogenated alkanes) is 3. The fraction of sp³-hybridized carbons (Fsp3) is 0.500. The molecule has 100 valence electrons. The minimum absolute atomic E-state index is 0.0820. The zero-order valence-corrected chi connectivity index (χ0v) is 11.1. The Balaban J connectivity index is 2.65. The van der Waals surface area contributed by atoms with Gasteiger partial charge >= 0.3 is 0 Å². The average molecular weight is 250 g/mol. The Labute approximate surface area is 108 Å². The van der Waals surface area contributed by atoms with E-state index >= 15 is 0 Å². The molecule has 18 heavy (non-hydrogen) atoms. The van der Waals surface area contributed by atoms with E-state index < -0.39 is 0 Å². The normalized spacial score (nSPS) is 11.6. The van der Waals surface area contributed by atoms with E-state index in [9.17, 15) is 0 Å². The second kappa shape index (κ2) is 7.58. The second-order valence-corrected chi connectivity index (χ2v) is 4.39. The van der Waals surface area contributed by atoms with Crippen LogP contribution in [0.15, 0.2) is 23.4 Å². The Morgan fingerprint density at radius 3 is 2.78 bits per heavy atom. The van der Waals surface area contributed by atoms with Crippen molar-refractivity contribution in [3.05, 3.63) is 29.3 Å². The zero-order valence-electron chi connectivity index (χ0n) is 11.1. The predicted molar refractivity (Wildman–Crippen MR) is 73.3 cm³/mol. The van der Waals surface area contributed by atoms with Crippen LogP contribution < -0.4 is 10.5 Å². The molecule has 0 fully saturated rings. The first-order valence-corrected chi connectivity index (χ1v) is 6.40. The molecular formula is C14H22N2O2. The lowest BCUT2D eigenvalue weighted by molar-refractivity contribution is 0.302. The van der Waals surface area contributed by atoms with Gasteiger partial charge in [0.25, 0.3) is 0 Å². The summed E-state index contributed by atoms with van der Waals surface area (Å²) < 4.78 is 5.72. The van der Waals surface area contributed by atoms with Gasteiger partial charge < -0.3 is 15.7 Å². The lowest BCUT2D eigenvalue weighted by atomic mass is 10.1. The molecule has 0 heterocycles. The number of aryl methyl sites for hydroxylation is 1. The first-order valence-electron chi connectivity index (χ1n) is 6.40. The fourth-order valence-electron chi connectivity index (χ4n) is 1.73. The van der Waals surface area contributed by atoms with E-state index in [-0.39, 0.29) is 5.84 Å². The van der Waals surface area contributed by atoms with Gasteiger partial charge in [-0.1, -0.05) is 37.4 Å². The molecule has 1 rings (SSSR count). The maximum Gasteiger partial charge on any atom is 0.173 e. The summed E-state index contributed by atoms with van der Waals surface area (Å²) in [7, 11) is 0. The summed E-state index contributed by atoms with van der Waals surface area (Å²) in [5.41, 5.74) is 7.35. The highest BCUT2D eigenvalue weighted by atomic mass is 16.5. The van der Waals surface area contributed by atoms with Crippen LogP contribution in [0, 0.1) is 6.92 Å². The number of nitrogens with zero attached hydrogens (tertiary/aromatic N) is 1. The van der Waals surface area contributed by atoms with Gasteiger partial charge in [-0.25, -0.2) is 0 Å². The van der Waals surface area contributed by atoms with Crippen LogP contribution in [0.3, 0.4) is 0 Å². The number of hydrogen-bond donors (Lipinski definition) is 2. The largest absolute Gasteiger partial charge is 0.493 e. The van der Waals surface area contributed by atoms with E-state index in [1.807, 2.05) is 25.1 Å². The van der Waals surface area contributed by atoms with Gasteiger partial charge in [-0.15, -0.1) is 0 Å². The van der Waals surface area contributed by atoms with Gasteiger partial charge in [0, 0.05) is 0 Å². The average Bonchev–Trinajstić information content (AvgIpc) is 2.38. The summed E-state index contributed by atoms with van der Waals surface area (Å²) >= 11 is 0. The first kappa shape index (κ1) is 14.4. The molecule has 1 aromatic rings. The van der Waals surface area contributed by atoms with E-state index in [1.54, 1.807) is 0 Å². The molecule has 4 heteroatoms. The highest BCUT2D eigenvalue weighted by molar-refractivity contribution is 5.99. The highest BCUT2D eigenvalue weighted by Gasteiger charge is 2.08. The van der Waals surface area contributed by atoms with Crippen LogP contribution in [-0.2, 0) is 0 Å². The summed E-state index contributed by atoms with van der Waals surface area (Å²) in [5.74, 6) is 0.764. The minimum Gasteiger partial charge on any atom is -0.493 e. The first-order chi connectivity index (χ1) is 8.69. The van der Waals surface area contributed by atoms with Crippen molar-refractivity contribution in [3.8, 4) is 5.75 Å². The molecular weight excluding hydrogens is 228 g/mol. The SMILES string of the molecule is CCCCCCOc1cc(C)ccc1C(N)=NO. The molecule has 0 aliphatic rings. The van der Waals surface area contributed by atoms with E-state index in [2.05, 4.69) is 12.1 Å². The molecule has 0 atom stereocenters. The number of nitrogens with two attached hydrogens (primary N) is 1. The van der Waals surface area contributed by atoms with Crippen LogP contribution >= 0.6 is 0 Å². The standard InChI is InChI=1S/C14H22N2O2/c1-3-4-5-6-9-18-13-10-11(2)7-8-12(13)14(15)16-17/h7-8,10,17H,3-6,9H2,1-2H3,(H2,15,16). The predicted octanol–water partition coefficient (Wildman–Crippen LogP) is 3.05. The maximum atomic E-state index is 8.73. The quantitative estimate of drug-likeness (QED) is 0.257. The lowest BCUT2D eigenvalue weighted by Gasteiger charge is -2.11. The van der Waals surface area contributed by atoms with Gasteiger partial charge in [0.15, 0.2) is 5.84 Å². The third-order valence-corrected chi connectivity index (χ3v) is 2.78. The van der Waals surface area contributed by atoms with Gasteiger partial charge in [0.05, 0.1) is 12.2 Å². The number of rotatable bonds is 7. The van der Waals surface area contributed by atoms with E-state index in [4.69, 9.17) is 15.7 Å². The molecule has 0 saturated carbocycles. The van der Waals surface area contributed by atoms with Crippen molar-refractivity contribution in [2.45, 2.75) is 39.5 Å². The maximum absolute atomic E-state index is 8.73. The molecule has 0 radical (unpaired) electrons. The van der Waals surface area contributed by atoms with Crippen molar-refractivity contribution >= 4 is 5.84 Å². The van der Waals surface area contributed by atoms with Gasteiger partial charge in [-0.2, -0.15) is 0 Å². The van der Waals surface area contributed by atoms with Gasteiger partial charge in [0.2, 0.25) is 0 Å². The van der Waals surface area contributed by atoms with Gasteiger partial charge in [-0.3, -0.25) is 0 Å². The van der Waals surface area contributed by atoms with Gasteiger partial charge in [-0.05, 0) is 31.0 Å². The summed E-state index contributed by atoms with van der Waals surface area (Å²) in [6.45, 7) is 4.83. The number of ether oxygens (including phenoxy) is 1. The Kier molecular flexibility index (Phi) is 6.05. The van der Waals surface area contributed by atoms with Crippen molar-refractivity contribution < 1.29 is 9.94 Å². The lowest BCUT2D eigenvalue weighted by Crippen LogP contribution is -2.15. The van der Waals surface area contributed by atoms with Crippen LogP contribution in [0.5, 0.6) is 5.75 Å². The van der Waals surface area contributed by atoms with Crippen molar-refractivity contribution in [2.24, 2.45) is 10.9 Å². The zero-order chi connectivity index (χ0) is 13.4. The van der Waals surface area contributed by atoms with Crippen LogP contribution in [0.4, 0.5) is 0 Å². The van der Waals surface area contributed by atoms with E-state index in [0.29, 0.717) is 17.9 Å². The minimum atomic E-state index is 0.0820. The smallest absolute Gasteiger partial charge is 0.173 e. The molecule has 0 aliphatic heterocycles. The van der Waals surface area contributed by atoms with Crippen molar-refractivity contribution in [2.75, 3.05) is 6.61 Å². The van der Waals surface area contributed by atoms with Crippen molar-refractivity contribution in [1.29, 1.82) is 0 Å². The highest BCUT2D eigenvalue weighted by Crippen LogP contribution is 2.20. The summed E-state index contributed by atoms with van der Waals surface area (Å²) in [4.78, 5) is 0.